The van der Waals surface area contributed by atoms with Gasteiger partial charge in [-0.1, -0.05) is 18.2 Å². The summed E-state index contributed by atoms with van der Waals surface area (Å²) in [7, 11) is 1.80. The molecule has 6 rings (SSSR count). The van der Waals surface area contributed by atoms with Gasteiger partial charge in [0.25, 0.3) is 6.01 Å². The molecule has 1 aliphatic rings. The molecular weight excluding hydrogens is 506 g/mol. The number of aromatic nitrogens is 5. The Morgan fingerprint density at radius 3 is 2.67 bits per heavy atom. The van der Waals surface area contributed by atoms with Crippen LogP contribution in [0.1, 0.15) is 37.4 Å². The van der Waals surface area contributed by atoms with Crippen LogP contribution in [0.4, 0.5) is 17.5 Å². The Labute approximate surface area is 231 Å². The summed E-state index contributed by atoms with van der Waals surface area (Å²) in [6.45, 7) is 9.05. The molecule has 3 aromatic heterocycles. The minimum atomic E-state index is -0.635. The first-order valence-corrected chi connectivity index (χ1v) is 13.4. The van der Waals surface area contributed by atoms with Crippen LogP contribution < -0.4 is 16.4 Å². The lowest BCUT2D eigenvalue weighted by atomic mass is 10.0. The number of carbonyl (C=O) groups excluding carboxylic acids is 1. The van der Waals surface area contributed by atoms with Crippen LogP contribution in [-0.2, 0) is 4.79 Å². The summed E-state index contributed by atoms with van der Waals surface area (Å²) >= 11 is 0. The largest absolute Gasteiger partial charge is 0.423 e. The SMILES string of the molecule is CNC(C)(C)C(=O)N1CCC(n2nc(-c3ccc(Nc4nc5cc(C)cc(C)c5o4)cc3)c3c(N)ncnc32)C1. The van der Waals surface area contributed by atoms with Crippen molar-refractivity contribution in [2.24, 2.45) is 0 Å². The van der Waals surface area contributed by atoms with Gasteiger partial charge in [0.1, 0.15) is 23.4 Å². The highest BCUT2D eigenvalue weighted by Gasteiger charge is 2.36. The standard InChI is InChI=1S/C29H33N9O2/c1-16-12-17(2)24-21(13-16)35-28(40-24)34-19-8-6-18(7-9-19)23-22-25(30)32-15-33-26(22)38(36-23)20-10-11-37(14-20)27(39)29(3,4)31-5/h6-9,12-13,15,20,31H,10-11,14H2,1-5H3,(H,34,35)(H2,30,32,33). The van der Waals surface area contributed by atoms with Crippen molar-refractivity contribution >= 4 is 45.6 Å². The summed E-state index contributed by atoms with van der Waals surface area (Å²) in [5.74, 6) is 0.434. The Morgan fingerprint density at radius 2 is 1.93 bits per heavy atom. The third-order valence-corrected chi connectivity index (χ3v) is 7.70. The van der Waals surface area contributed by atoms with Crippen LogP contribution in [-0.4, -0.2) is 61.2 Å². The number of amides is 1. The first-order chi connectivity index (χ1) is 19.1. The average Bonchev–Trinajstić information content (AvgIpc) is 3.66. The van der Waals surface area contributed by atoms with E-state index in [1.165, 1.54) is 6.33 Å². The average molecular weight is 540 g/mol. The summed E-state index contributed by atoms with van der Waals surface area (Å²) in [5, 5.41) is 12.0. The number of nitrogen functional groups attached to an aromatic ring is 1. The van der Waals surface area contributed by atoms with Gasteiger partial charge >= 0.3 is 0 Å². The van der Waals surface area contributed by atoms with E-state index in [2.05, 4.69) is 31.7 Å². The fourth-order valence-corrected chi connectivity index (χ4v) is 5.35. The normalized spacial score (nSPS) is 15.8. The minimum absolute atomic E-state index is 0.0191. The van der Waals surface area contributed by atoms with E-state index in [9.17, 15) is 4.79 Å². The van der Waals surface area contributed by atoms with Crippen molar-refractivity contribution < 1.29 is 9.21 Å². The molecule has 4 N–H and O–H groups in total. The first-order valence-electron chi connectivity index (χ1n) is 13.4. The Bertz CT molecular complexity index is 1740. The zero-order valence-corrected chi connectivity index (χ0v) is 23.3. The van der Waals surface area contributed by atoms with Crippen molar-refractivity contribution in [3.63, 3.8) is 0 Å². The van der Waals surface area contributed by atoms with Gasteiger partial charge in [0, 0.05) is 24.3 Å². The van der Waals surface area contributed by atoms with E-state index in [1.807, 2.05) is 67.6 Å². The van der Waals surface area contributed by atoms with Crippen molar-refractivity contribution in [2.45, 2.75) is 45.7 Å². The van der Waals surface area contributed by atoms with Crippen LogP contribution in [0.5, 0.6) is 0 Å². The van der Waals surface area contributed by atoms with Gasteiger partial charge in [0.15, 0.2) is 11.2 Å². The molecule has 1 atom stereocenters. The first kappa shape index (κ1) is 25.8. The number of likely N-dealkylation sites (tertiary alicyclic amines) is 1. The van der Waals surface area contributed by atoms with Crippen molar-refractivity contribution in [1.82, 2.24) is 34.9 Å². The Hall–Kier alpha value is -4.51. The molecule has 0 radical (unpaired) electrons. The molecular formula is C29H33N9O2. The fraction of sp³-hybridized carbons (Fsp3) is 0.345. The lowest BCUT2D eigenvalue weighted by molar-refractivity contribution is -0.135. The van der Waals surface area contributed by atoms with Gasteiger partial charge in [-0.15, -0.1) is 0 Å². The number of benzene rings is 2. The van der Waals surface area contributed by atoms with Crippen LogP contribution in [0.2, 0.25) is 0 Å². The topological polar surface area (TPSA) is 140 Å². The smallest absolute Gasteiger partial charge is 0.300 e. The van der Waals surface area contributed by atoms with Gasteiger partial charge in [-0.25, -0.2) is 14.6 Å². The van der Waals surface area contributed by atoms with Crippen molar-refractivity contribution in [2.75, 3.05) is 31.2 Å². The molecule has 2 aromatic carbocycles. The number of likely N-dealkylation sites (N-methyl/N-ethyl adjacent to an activating group) is 1. The zero-order chi connectivity index (χ0) is 28.2. The maximum absolute atomic E-state index is 13.0. The number of nitrogens with two attached hydrogens (primary N) is 1. The van der Waals surface area contributed by atoms with Crippen LogP contribution in [0.25, 0.3) is 33.4 Å². The number of anilines is 3. The highest BCUT2D eigenvalue weighted by atomic mass is 16.4. The quantitative estimate of drug-likeness (QED) is 0.287. The van der Waals surface area contributed by atoms with Gasteiger partial charge in [0.2, 0.25) is 5.91 Å². The monoisotopic (exact) mass is 539 g/mol. The van der Waals surface area contributed by atoms with Gasteiger partial charge < -0.3 is 25.7 Å². The molecule has 206 valence electrons. The van der Waals surface area contributed by atoms with Crippen LogP contribution >= 0.6 is 0 Å². The number of nitrogens with one attached hydrogen (secondary N) is 2. The van der Waals surface area contributed by atoms with Crippen LogP contribution in [0.3, 0.4) is 0 Å². The number of hydrogen-bond acceptors (Lipinski definition) is 9. The minimum Gasteiger partial charge on any atom is -0.423 e. The summed E-state index contributed by atoms with van der Waals surface area (Å²) in [5.41, 5.74) is 12.6. The van der Waals surface area contributed by atoms with Crippen LogP contribution in [0, 0.1) is 13.8 Å². The number of fused-ring (bicyclic) bond motifs is 2. The summed E-state index contributed by atoms with van der Waals surface area (Å²) in [6, 6.07) is 12.3. The Balaban J connectivity index is 1.29. The van der Waals surface area contributed by atoms with Crippen LogP contribution in [0.15, 0.2) is 47.1 Å². The lowest BCUT2D eigenvalue weighted by Crippen LogP contribution is -2.52. The third kappa shape index (κ3) is 4.41. The maximum atomic E-state index is 13.0. The number of nitrogens with zero attached hydrogens (tertiary/aromatic N) is 6. The molecule has 0 saturated carbocycles. The molecule has 0 aliphatic carbocycles. The van der Waals surface area contributed by atoms with E-state index in [4.69, 9.17) is 15.2 Å². The molecule has 1 fully saturated rings. The van der Waals surface area contributed by atoms with E-state index in [-0.39, 0.29) is 11.9 Å². The molecule has 40 heavy (non-hydrogen) atoms. The van der Waals surface area contributed by atoms with Crippen molar-refractivity contribution in [3.05, 3.63) is 53.9 Å². The lowest BCUT2D eigenvalue weighted by Gasteiger charge is -2.28. The fourth-order valence-electron chi connectivity index (χ4n) is 5.35. The predicted octanol–water partition coefficient (Wildman–Crippen LogP) is 4.35. The third-order valence-electron chi connectivity index (χ3n) is 7.70. The zero-order valence-electron chi connectivity index (χ0n) is 23.3. The molecule has 4 heterocycles. The molecule has 11 heteroatoms. The molecule has 11 nitrogen and oxygen atoms in total. The Morgan fingerprint density at radius 1 is 1.15 bits per heavy atom. The molecule has 1 aliphatic heterocycles. The molecule has 1 amide bonds. The summed E-state index contributed by atoms with van der Waals surface area (Å²) in [4.78, 5) is 28.3. The van der Waals surface area contributed by atoms with Gasteiger partial charge in [-0.3, -0.25) is 4.79 Å². The maximum Gasteiger partial charge on any atom is 0.300 e. The second-order valence-corrected chi connectivity index (χ2v) is 11.0. The highest BCUT2D eigenvalue weighted by molar-refractivity contribution is 5.98. The van der Waals surface area contributed by atoms with E-state index in [0.29, 0.717) is 41.6 Å². The van der Waals surface area contributed by atoms with Gasteiger partial charge in [0.05, 0.1) is 17.0 Å². The van der Waals surface area contributed by atoms with E-state index in [0.717, 1.165) is 39.9 Å². The van der Waals surface area contributed by atoms with Crippen molar-refractivity contribution in [1.29, 1.82) is 0 Å². The number of rotatable bonds is 6. The number of hydrogen-bond donors (Lipinski definition) is 3. The highest BCUT2D eigenvalue weighted by Crippen LogP contribution is 2.35. The summed E-state index contributed by atoms with van der Waals surface area (Å²) in [6.07, 6.45) is 2.23. The Kier molecular flexibility index (Phi) is 6.18. The molecule has 1 unspecified atom stereocenters. The molecule has 5 aromatic rings. The second-order valence-electron chi connectivity index (χ2n) is 11.0. The number of carbonyl (C=O) groups is 1. The predicted molar refractivity (Wildman–Crippen MR) is 155 cm³/mol. The molecule has 1 saturated heterocycles. The molecule has 0 spiro atoms. The van der Waals surface area contributed by atoms with E-state index in [1.54, 1.807) is 7.05 Å². The summed E-state index contributed by atoms with van der Waals surface area (Å²) < 4.78 is 7.86. The second kappa shape index (κ2) is 9.60. The van der Waals surface area contributed by atoms with Gasteiger partial charge in [-0.05, 0) is 70.5 Å². The van der Waals surface area contributed by atoms with Gasteiger partial charge in [-0.2, -0.15) is 10.1 Å². The number of aryl methyl sites for hydroxylation is 2. The van der Waals surface area contributed by atoms with E-state index >= 15 is 0 Å². The molecule has 0 bridgehead atoms. The van der Waals surface area contributed by atoms with Crippen molar-refractivity contribution in [3.8, 4) is 11.3 Å². The van der Waals surface area contributed by atoms with E-state index < -0.39 is 5.54 Å². The number of oxazole rings is 1.